The maximum Gasteiger partial charge on any atom is 0.339 e. The summed E-state index contributed by atoms with van der Waals surface area (Å²) >= 11 is 0. The van der Waals surface area contributed by atoms with Gasteiger partial charge in [0.05, 0.1) is 4.92 Å². The molecular formula is C14H10FNO5. The van der Waals surface area contributed by atoms with Crippen molar-refractivity contribution in [3.63, 3.8) is 0 Å². The minimum Gasteiger partial charge on any atom is -0.478 e. The van der Waals surface area contributed by atoms with Crippen LogP contribution in [0.2, 0.25) is 0 Å². The third-order valence-corrected chi connectivity index (χ3v) is 2.79. The van der Waals surface area contributed by atoms with Gasteiger partial charge in [-0.2, -0.15) is 0 Å². The van der Waals surface area contributed by atoms with Gasteiger partial charge in [0.2, 0.25) is 5.75 Å². The Morgan fingerprint density at radius 3 is 2.52 bits per heavy atom. The SMILES string of the molecule is Cc1cccc([N+](=O)[O-])c1Oc1c(F)cccc1C(=O)O. The van der Waals surface area contributed by atoms with Crippen molar-refractivity contribution in [3.05, 3.63) is 63.5 Å². The Labute approximate surface area is 118 Å². The molecule has 0 heterocycles. The fourth-order valence-corrected chi connectivity index (χ4v) is 1.80. The maximum atomic E-state index is 13.8. The number of nitrogens with zero attached hydrogens (tertiary/aromatic N) is 1. The van der Waals surface area contributed by atoms with Crippen molar-refractivity contribution in [1.29, 1.82) is 0 Å². The standard InChI is InChI=1S/C14H10FNO5/c1-8-4-2-7-11(16(19)20)12(8)21-13-9(14(17)18)5-3-6-10(13)15/h2-7H,1H3,(H,17,18). The van der Waals surface area contributed by atoms with E-state index in [9.17, 15) is 19.3 Å². The lowest BCUT2D eigenvalue weighted by Gasteiger charge is -2.11. The number of ether oxygens (including phenoxy) is 1. The molecule has 0 spiro atoms. The Kier molecular flexibility index (Phi) is 3.84. The van der Waals surface area contributed by atoms with Gasteiger partial charge in [-0.05, 0) is 24.6 Å². The van der Waals surface area contributed by atoms with Gasteiger partial charge in [0, 0.05) is 6.07 Å². The third-order valence-electron chi connectivity index (χ3n) is 2.79. The van der Waals surface area contributed by atoms with Crippen LogP contribution in [0.5, 0.6) is 11.5 Å². The highest BCUT2D eigenvalue weighted by Crippen LogP contribution is 2.36. The van der Waals surface area contributed by atoms with Crippen LogP contribution in [0.1, 0.15) is 15.9 Å². The molecule has 0 aliphatic heterocycles. The number of halogens is 1. The first kappa shape index (κ1) is 14.4. The highest BCUT2D eigenvalue weighted by atomic mass is 19.1. The van der Waals surface area contributed by atoms with Crippen molar-refractivity contribution < 1.29 is 24.0 Å². The van der Waals surface area contributed by atoms with Crippen LogP contribution in [-0.4, -0.2) is 16.0 Å². The van der Waals surface area contributed by atoms with Crippen LogP contribution in [0.4, 0.5) is 10.1 Å². The van der Waals surface area contributed by atoms with Gasteiger partial charge in [0.1, 0.15) is 5.56 Å². The summed E-state index contributed by atoms with van der Waals surface area (Å²) in [6, 6.07) is 7.60. The molecule has 7 heteroatoms. The molecule has 108 valence electrons. The molecule has 0 saturated carbocycles. The number of nitro benzene ring substituents is 1. The molecule has 2 aromatic carbocycles. The van der Waals surface area contributed by atoms with Crippen LogP contribution >= 0.6 is 0 Å². The van der Waals surface area contributed by atoms with Crippen molar-refractivity contribution in [3.8, 4) is 11.5 Å². The van der Waals surface area contributed by atoms with E-state index in [0.29, 0.717) is 5.56 Å². The predicted octanol–water partition coefficient (Wildman–Crippen LogP) is 3.53. The molecule has 2 aromatic rings. The molecule has 2 rings (SSSR count). The van der Waals surface area contributed by atoms with Crippen molar-refractivity contribution in [1.82, 2.24) is 0 Å². The molecule has 6 nitrogen and oxygen atoms in total. The number of rotatable bonds is 4. The number of carbonyl (C=O) groups is 1. The summed E-state index contributed by atoms with van der Waals surface area (Å²) in [6.45, 7) is 1.55. The Hall–Kier alpha value is -2.96. The lowest BCUT2D eigenvalue weighted by atomic mass is 10.1. The first-order chi connectivity index (χ1) is 9.91. The quantitative estimate of drug-likeness (QED) is 0.687. The first-order valence-corrected chi connectivity index (χ1v) is 5.85. The van der Waals surface area contributed by atoms with Crippen LogP contribution in [0.25, 0.3) is 0 Å². The van der Waals surface area contributed by atoms with Gasteiger partial charge in [-0.15, -0.1) is 0 Å². The lowest BCUT2D eigenvalue weighted by molar-refractivity contribution is -0.385. The Balaban J connectivity index is 2.59. The minimum atomic E-state index is -1.39. The van der Waals surface area contributed by atoms with Gasteiger partial charge in [0.25, 0.3) is 0 Å². The van der Waals surface area contributed by atoms with Crippen LogP contribution in [0, 0.1) is 22.9 Å². The number of nitro groups is 1. The molecule has 0 bridgehead atoms. The molecule has 21 heavy (non-hydrogen) atoms. The second kappa shape index (κ2) is 5.58. The number of para-hydroxylation sites is 2. The van der Waals surface area contributed by atoms with E-state index in [-0.39, 0.29) is 11.4 Å². The largest absolute Gasteiger partial charge is 0.478 e. The zero-order valence-electron chi connectivity index (χ0n) is 10.9. The molecule has 0 radical (unpaired) electrons. The van der Waals surface area contributed by atoms with Crippen LogP contribution in [0.3, 0.4) is 0 Å². The van der Waals surface area contributed by atoms with Gasteiger partial charge in [-0.25, -0.2) is 9.18 Å². The molecular weight excluding hydrogens is 281 g/mol. The molecule has 0 unspecified atom stereocenters. The molecule has 0 fully saturated rings. The highest BCUT2D eigenvalue weighted by Gasteiger charge is 2.22. The Morgan fingerprint density at radius 1 is 1.24 bits per heavy atom. The zero-order valence-corrected chi connectivity index (χ0v) is 10.9. The molecule has 0 aromatic heterocycles. The van der Waals surface area contributed by atoms with Crippen molar-refractivity contribution in [2.45, 2.75) is 6.92 Å². The minimum absolute atomic E-state index is 0.185. The average molecular weight is 291 g/mol. The van der Waals surface area contributed by atoms with Crippen molar-refractivity contribution in [2.75, 3.05) is 0 Å². The number of aryl methyl sites for hydroxylation is 1. The van der Waals surface area contributed by atoms with Gasteiger partial charge >= 0.3 is 11.7 Å². The van der Waals surface area contributed by atoms with E-state index >= 15 is 0 Å². The number of carboxylic acids is 1. The number of hydrogen-bond donors (Lipinski definition) is 1. The van der Waals surface area contributed by atoms with Crippen LogP contribution in [-0.2, 0) is 0 Å². The summed E-state index contributed by atoms with van der Waals surface area (Å²) < 4.78 is 19.0. The summed E-state index contributed by atoms with van der Waals surface area (Å²) in [6.07, 6.45) is 0. The molecule has 0 aliphatic carbocycles. The molecule has 0 amide bonds. The average Bonchev–Trinajstić information content (AvgIpc) is 2.42. The highest BCUT2D eigenvalue weighted by molar-refractivity contribution is 5.91. The van der Waals surface area contributed by atoms with Gasteiger partial charge in [0.15, 0.2) is 11.6 Å². The number of aromatic carboxylic acids is 1. The van der Waals surface area contributed by atoms with E-state index in [1.807, 2.05) is 0 Å². The van der Waals surface area contributed by atoms with Gasteiger partial charge < -0.3 is 9.84 Å². The van der Waals surface area contributed by atoms with E-state index < -0.39 is 28.0 Å². The van der Waals surface area contributed by atoms with E-state index in [1.54, 1.807) is 13.0 Å². The van der Waals surface area contributed by atoms with Crippen molar-refractivity contribution in [2.24, 2.45) is 0 Å². The van der Waals surface area contributed by atoms with E-state index in [2.05, 4.69) is 0 Å². The van der Waals surface area contributed by atoms with E-state index in [0.717, 1.165) is 12.1 Å². The second-order valence-corrected chi connectivity index (χ2v) is 4.20. The molecule has 0 saturated heterocycles. The number of benzene rings is 2. The predicted molar refractivity (Wildman–Crippen MR) is 71.3 cm³/mol. The summed E-state index contributed by atoms with van der Waals surface area (Å²) in [5.74, 6) is -3.04. The molecule has 0 atom stereocenters. The Bertz CT molecular complexity index is 668. The van der Waals surface area contributed by atoms with Gasteiger partial charge in [-0.3, -0.25) is 10.1 Å². The third kappa shape index (κ3) is 2.81. The summed E-state index contributed by atoms with van der Waals surface area (Å²) in [7, 11) is 0. The monoisotopic (exact) mass is 291 g/mol. The lowest BCUT2D eigenvalue weighted by Crippen LogP contribution is -2.04. The molecule has 0 aliphatic rings. The van der Waals surface area contributed by atoms with Crippen LogP contribution in [0.15, 0.2) is 36.4 Å². The summed E-state index contributed by atoms with van der Waals surface area (Å²) in [5, 5.41) is 20.0. The maximum absolute atomic E-state index is 13.8. The van der Waals surface area contributed by atoms with Gasteiger partial charge in [-0.1, -0.05) is 18.2 Å². The number of carboxylic acid groups (broad SMARTS) is 1. The smallest absolute Gasteiger partial charge is 0.339 e. The Morgan fingerprint density at radius 2 is 1.90 bits per heavy atom. The normalized spacial score (nSPS) is 10.2. The number of hydrogen-bond acceptors (Lipinski definition) is 4. The summed E-state index contributed by atoms with van der Waals surface area (Å²) in [5.41, 5.74) is -0.383. The van der Waals surface area contributed by atoms with E-state index in [1.165, 1.54) is 18.2 Å². The zero-order chi connectivity index (χ0) is 15.6. The molecule has 1 N–H and O–H groups in total. The van der Waals surface area contributed by atoms with Crippen LogP contribution < -0.4 is 4.74 Å². The topological polar surface area (TPSA) is 89.7 Å². The summed E-state index contributed by atoms with van der Waals surface area (Å²) in [4.78, 5) is 21.4. The van der Waals surface area contributed by atoms with Crippen molar-refractivity contribution >= 4 is 11.7 Å². The first-order valence-electron chi connectivity index (χ1n) is 5.85. The fraction of sp³-hybridized carbons (Fsp3) is 0.0714. The fourth-order valence-electron chi connectivity index (χ4n) is 1.80. The second-order valence-electron chi connectivity index (χ2n) is 4.20. The van der Waals surface area contributed by atoms with E-state index in [4.69, 9.17) is 9.84 Å².